The third-order valence-electron chi connectivity index (χ3n) is 5.89. The van der Waals surface area contributed by atoms with Crippen LogP contribution in [0.3, 0.4) is 0 Å². The summed E-state index contributed by atoms with van der Waals surface area (Å²) < 4.78 is 5.52. The van der Waals surface area contributed by atoms with Crippen LogP contribution in [-0.4, -0.2) is 22.7 Å². The second kappa shape index (κ2) is 5.59. The molecule has 4 aliphatic rings. The van der Waals surface area contributed by atoms with Crippen molar-refractivity contribution in [3.63, 3.8) is 0 Å². The van der Waals surface area contributed by atoms with Gasteiger partial charge >= 0.3 is 0 Å². The molecule has 0 aromatic carbocycles. The highest BCUT2D eigenvalue weighted by molar-refractivity contribution is 7.99. The van der Waals surface area contributed by atoms with Crippen LogP contribution in [0.4, 0.5) is 0 Å². The van der Waals surface area contributed by atoms with Gasteiger partial charge in [-0.2, -0.15) is 0 Å². The lowest BCUT2D eigenvalue weighted by molar-refractivity contribution is -0.122. The van der Waals surface area contributed by atoms with Gasteiger partial charge in [0.1, 0.15) is 5.76 Å². The predicted octanol–water partition coefficient (Wildman–Crippen LogP) is 3.32. The van der Waals surface area contributed by atoms with E-state index in [9.17, 15) is 4.79 Å². The Morgan fingerprint density at radius 1 is 1.18 bits per heavy atom. The van der Waals surface area contributed by atoms with Crippen molar-refractivity contribution < 1.29 is 9.21 Å². The molecule has 5 heteroatoms. The normalized spacial score (nSPS) is 35.8. The number of hydrogen-bond donors (Lipinski definition) is 1. The van der Waals surface area contributed by atoms with E-state index in [4.69, 9.17) is 4.42 Å². The quantitative estimate of drug-likeness (QED) is 0.865. The number of aryl methyl sites for hydroxylation is 2. The van der Waals surface area contributed by atoms with Crippen molar-refractivity contribution in [1.82, 2.24) is 10.3 Å². The van der Waals surface area contributed by atoms with E-state index in [1.165, 1.54) is 43.9 Å². The zero-order chi connectivity index (χ0) is 15.3. The van der Waals surface area contributed by atoms with Crippen LogP contribution in [0.25, 0.3) is 0 Å². The summed E-state index contributed by atoms with van der Waals surface area (Å²) in [6.45, 7) is 3.83. The summed E-state index contributed by atoms with van der Waals surface area (Å²) in [5.74, 6) is 4.74. The highest BCUT2D eigenvalue weighted by Crippen LogP contribution is 2.53. The Morgan fingerprint density at radius 3 is 2.36 bits per heavy atom. The van der Waals surface area contributed by atoms with Crippen LogP contribution >= 0.6 is 11.8 Å². The lowest BCUT2D eigenvalue weighted by Gasteiger charge is -2.54. The number of nitrogens with zero attached hydrogens (tertiary/aromatic N) is 1. The van der Waals surface area contributed by atoms with Gasteiger partial charge in [-0.25, -0.2) is 4.98 Å². The van der Waals surface area contributed by atoms with Gasteiger partial charge in [-0.05, 0) is 69.6 Å². The molecule has 4 bridgehead atoms. The lowest BCUT2D eigenvalue weighted by atomic mass is 9.54. The number of oxazole rings is 1. The van der Waals surface area contributed by atoms with Gasteiger partial charge in [0, 0.05) is 6.04 Å². The number of nitrogens with one attached hydrogen (secondary N) is 1. The van der Waals surface area contributed by atoms with Crippen LogP contribution in [0.15, 0.2) is 9.64 Å². The Balaban J connectivity index is 1.32. The van der Waals surface area contributed by atoms with E-state index in [2.05, 4.69) is 10.3 Å². The van der Waals surface area contributed by atoms with Crippen LogP contribution < -0.4 is 5.32 Å². The molecule has 0 spiro atoms. The topological polar surface area (TPSA) is 55.1 Å². The second-order valence-electron chi connectivity index (χ2n) is 7.43. The zero-order valence-electron chi connectivity index (χ0n) is 13.3. The Labute approximate surface area is 135 Å². The van der Waals surface area contributed by atoms with Gasteiger partial charge in [0.05, 0.1) is 11.4 Å². The molecule has 120 valence electrons. The largest absolute Gasteiger partial charge is 0.437 e. The average molecular weight is 320 g/mol. The first-order valence-corrected chi connectivity index (χ1v) is 9.43. The van der Waals surface area contributed by atoms with Gasteiger partial charge in [0.25, 0.3) is 5.22 Å². The Bertz CT molecular complexity index is 536. The molecule has 0 unspecified atom stereocenters. The van der Waals surface area contributed by atoms with Gasteiger partial charge in [-0.15, -0.1) is 0 Å². The molecule has 1 N–H and O–H groups in total. The third kappa shape index (κ3) is 2.68. The maximum absolute atomic E-state index is 12.3. The van der Waals surface area contributed by atoms with Crippen LogP contribution in [0.2, 0.25) is 0 Å². The van der Waals surface area contributed by atoms with Crippen LogP contribution in [0.1, 0.15) is 43.6 Å². The van der Waals surface area contributed by atoms with Crippen molar-refractivity contribution in [3.05, 3.63) is 11.5 Å². The first-order valence-electron chi connectivity index (χ1n) is 8.44. The molecule has 5 rings (SSSR count). The minimum atomic E-state index is 0.135. The molecule has 4 nitrogen and oxygen atoms in total. The number of aromatic nitrogens is 1. The van der Waals surface area contributed by atoms with Crippen molar-refractivity contribution in [2.75, 3.05) is 5.75 Å². The fraction of sp³-hybridized carbons (Fsp3) is 0.765. The number of carbonyl (C=O) groups excluding carboxylic acids is 1. The van der Waals surface area contributed by atoms with E-state index in [-0.39, 0.29) is 5.91 Å². The highest BCUT2D eigenvalue weighted by atomic mass is 32.2. The number of thioether (sulfide) groups is 1. The van der Waals surface area contributed by atoms with E-state index < -0.39 is 0 Å². The smallest absolute Gasteiger partial charge is 0.256 e. The average Bonchev–Trinajstić information content (AvgIpc) is 2.79. The van der Waals surface area contributed by atoms with Crippen LogP contribution in [-0.2, 0) is 4.79 Å². The van der Waals surface area contributed by atoms with Crippen LogP contribution in [0.5, 0.6) is 0 Å². The van der Waals surface area contributed by atoms with E-state index in [1.807, 2.05) is 13.8 Å². The maximum atomic E-state index is 12.3. The highest BCUT2D eigenvalue weighted by Gasteiger charge is 2.48. The molecule has 4 aliphatic carbocycles. The fourth-order valence-corrected chi connectivity index (χ4v) is 5.74. The molecule has 0 radical (unpaired) electrons. The van der Waals surface area contributed by atoms with Gasteiger partial charge < -0.3 is 9.73 Å². The number of hydrogen-bond acceptors (Lipinski definition) is 4. The van der Waals surface area contributed by atoms with Crippen molar-refractivity contribution in [3.8, 4) is 0 Å². The van der Waals surface area contributed by atoms with Crippen molar-refractivity contribution in [2.24, 2.45) is 23.7 Å². The summed E-state index contributed by atoms with van der Waals surface area (Å²) in [6.07, 6.45) is 6.80. The van der Waals surface area contributed by atoms with Gasteiger partial charge in [0.15, 0.2) is 0 Å². The molecule has 4 fully saturated rings. The molecule has 22 heavy (non-hydrogen) atoms. The number of amides is 1. The summed E-state index contributed by atoms with van der Waals surface area (Å²) in [4.78, 5) is 16.6. The Kier molecular flexibility index (Phi) is 3.71. The summed E-state index contributed by atoms with van der Waals surface area (Å²) in [6, 6.07) is 0.425. The summed E-state index contributed by atoms with van der Waals surface area (Å²) >= 11 is 1.40. The summed E-state index contributed by atoms with van der Waals surface area (Å²) in [5, 5.41) is 3.93. The van der Waals surface area contributed by atoms with Crippen molar-refractivity contribution >= 4 is 17.7 Å². The molecule has 1 aromatic rings. The monoisotopic (exact) mass is 320 g/mol. The molecule has 1 amide bonds. The molecular formula is C17H24N2O2S. The molecule has 0 atom stereocenters. The molecule has 1 heterocycles. The van der Waals surface area contributed by atoms with E-state index in [0.29, 0.717) is 17.0 Å². The third-order valence-corrected chi connectivity index (χ3v) is 6.72. The lowest BCUT2D eigenvalue weighted by Crippen LogP contribution is -2.56. The predicted molar refractivity (Wildman–Crippen MR) is 85.7 cm³/mol. The standard InChI is InChI=1S/C17H24N2O2S/c1-9-10(2)21-17(18-9)22-8-15(20)19-16-13-4-11-3-12(6-13)7-14(16)5-11/h11-14,16H,3-8H2,1-2H3,(H,19,20). The molecular weight excluding hydrogens is 296 g/mol. The fourth-order valence-electron chi connectivity index (χ4n) is 5.02. The van der Waals surface area contributed by atoms with Gasteiger partial charge in [-0.1, -0.05) is 11.8 Å². The zero-order valence-corrected chi connectivity index (χ0v) is 14.1. The molecule has 1 aromatic heterocycles. The van der Waals surface area contributed by atoms with E-state index in [1.54, 1.807) is 0 Å². The molecule has 0 aliphatic heterocycles. The minimum Gasteiger partial charge on any atom is -0.437 e. The van der Waals surface area contributed by atoms with Crippen molar-refractivity contribution in [2.45, 2.75) is 57.2 Å². The van der Waals surface area contributed by atoms with E-state index >= 15 is 0 Å². The number of carbonyl (C=O) groups is 1. The molecule has 4 saturated carbocycles. The Morgan fingerprint density at radius 2 is 1.82 bits per heavy atom. The minimum absolute atomic E-state index is 0.135. The second-order valence-corrected chi connectivity index (χ2v) is 8.36. The summed E-state index contributed by atoms with van der Waals surface area (Å²) in [5.41, 5.74) is 0.906. The Hall–Kier alpha value is -0.970. The first kappa shape index (κ1) is 14.6. The van der Waals surface area contributed by atoms with E-state index in [0.717, 1.165) is 35.1 Å². The van der Waals surface area contributed by atoms with Crippen LogP contribution in [0, 0.1) is 37.5 Å². The summed E-state index contributed by atoms with van der Waals surface area (Å²) in [7, 11) is 0. The van der Waals surface area contributed by atoms with Gasteiger partial charge in [0.2, 0.25) is 5.91 Å². The first-order chi connectivity index (χ1) is 10.6. The number of rotatable bonds is 4. The van der Waals surface area contributed by atoms with Crippen molar-refractivity contribution in [1.29, 1.82) is 0 Å². The molecule has 0 saturated heterocycles. The maximum Gasteiger partial charge on any atom is 0.256 e. The van der Waals surface area contributed by atoms with Gasteiger partial charge in [-0.3, -0.25) is 4.79 Å². The SMILES string of the molecule is Cc1nc(SCC(=O)NC2C3CC4CC(C3)CC2C4)oc1C.